The molecule has 0 aliphatic carbocycles. The molecule has 1 fully saturated rings. The maximum atomic E-state index is 12.3. The van der Waals surface area contributed by atoms with Gasteiger partial charge in [0.1, 0.15) is 17.5 Å². The van der Waals surface area contributed by atoms with Crippen LogP contribution in [0.25, 0.3) is 11.0 Å². The van der Waals surface area contributed by atoms with E-state index < -0.39 is 11.7 Å². The van der Waals surface area contributed by atoms with E-state index in [1.807, 2.05) is 36.4 Å². The minimum Gasteiger partial charge on any atom is -0.443 e. The van der Waals surface area contributed by atoms with Crippen LogP contribution in [0, 0.1) is 17.3 Å². The number of H-pyrrole nitrogens is 1. The van der Waals surface area contributed by atoms with Gasteiger partial charge in [0.05, 0.1) is 17.1 Å². The Morgan fingerprint density at radius 2 is 1.95 bits per heavy atom. The van der Waals surface area contributed by atoms with Crippen LogP contribution in [0.3, 0.4) is 0 Å². The number of ether oxygens (including phenoxy) is 2. The van der Waals surface area contributed by atoms with Gasteiger partial charge in [0.25, 0.3) is 0 Å². The molecule has 1 unspecified atom stereocenters. The summed E-state index contributed by atoms with van der Waals surface area (Å²) < 4.78 is 12.1. The molecule has 2 aromatic carbocycles. The van der Waals surface area contributed by atoms with E-state index in [4.69, 9.17) is 25.6 Å². The number of nitrogens with one attached hydrogen (secondary N) is 2. The number of aromatic nitrogens is 2. The lowest BCUT2D eigenvalue weighted by Crippen LogP contribution is -2.44. The first-order chi connectivity index (χ1) is 19.6. The van der Waals surface area contributed by atoms with Crippen LogP contribution in [-0.4, -0.2) is 70.2 Å². The summed E-state index contributed by atoms with van der Waals surface area (Å²) in [7, 11) is 2.15. The number of hydrogen-bond acceptors (Lipinski definition) is 6. The average molecular weight is 559 g/mol. The van der Waals surface area contributed by atoms with Crippen LogP contribution in [0.15, 0.2) is 48.5 Å². The predicted octanol–water partition coefficient (Wildman–Crippen LogP) is 5.42. The van der Waals surface area contributed by atoms with E-state index in [1.54, 1.807) is 20.8 Å². The van der Waals surface area contributed by atoms with Crippen molar-refractivity contribution in [3.63, 3.8) is 0 Å². The highest BCUT2D eigenvalue weighted by Crippen LogP contribution is 2.30. The number of carbonyl (C=O) groups is 1. The van der Waals surface area contributed by atoms with Crippen molar-refractivity contribution in [2.24, 2.45) is 5.73 Å². The van der Waals surface area contributed by atoms with Crippen LogP contribution in [-0.2, 0) is 9.47 Å². The summed E-state index contributed by atoms with van der Waals surface area (Å²) in [5.41, 5.74) is 8.80. The maximum Gasteiger partial charge on any atom is 0.417 e. The lowest BCUT2D eigenvalue weighted by Gasteiger charge is -2.31. The molecule has 1 aromatic heterocycles. The normalized spacial score (nSPS) is 15.2. The van der Waals surface area contributed by atoms with Crippen LogP contribution in [0.2, 0.25) is 0 Å². The Kier molecular flexibility index (Phi) is 10.0. The van der Waals surface area contributed by atoms with Gasteiger partial charge in [-0.15, -0.1) is 0 Å². The molecule has 9 nitrogen and oxygen atoms in total. The minimum absolute atomic E-state index is 0.161. The SMILES string of the molecule is CN1CCC(OC(c2cccc(C#CCCCCN(C(=N)N)C(=O)OC(C)(C)C)c2)c2nc3ccccc3[nH]2)CC1. The Hall–Kier alpha value is -3.87. The van der Waals surface area contributed by atoms with E-state index in [1.165, 1.54) is 0 Å². The molecule has 1 amide bonds. The molecule has 2 heterocycles. The molecule has 41 heavy (non-hydrogen) atoms. The van der Waals surface area contributed by atoms with Crippen molar-refractivity contribution in [1.29, 1.82) is 5.41 Å². The van der Waals surface area contributed by atoms with Gasteiger partial charge >= 0.3 is 6.09 Å². The molecule has 4 rings (SSSR count). The number of likely N-dealkylation sites (tertiary alicyclic amines) is 1. The van der Waals surface area contributed by atoms with Crippen LogP contribution in [0.4, 0.5) is 4.79 Å². The summed E-state index contributed by atoms with van der Waals surface area (Å²) in [6.45, 7) is 7.71. The number of imidazole rings is 1. The third-order valence-corrected chi connectivity index (χ3v) is 6.91. The largest absolute Gasteiger partial charge is 0.443 e. The zero-order valence-electron chi connectivity index (χ0n) is 24.6. The Morgan fingerprint density at radius 1 is 1.20 bits per heavy atom. The average Bonchev–Trinajstić information content (AvgIpc) is 3.35. The van der Waals surface area contributed by atoms with Gasteiger partial charge in [-0.2, -0.15) is 0 Å². The first kappa shape index (κ1) is 30.1. The molecule has 9 heteroatoms. The van der Waals surface area contributed by atoms with Gasteiger partial charge < -0.3 is 25.1 Å². The number of guanidine groups is 1. The van der Waals surface area contributed by atoms with Gasteiger partial charge in [-0.1, -0.05) is 36.1 Å². The topological polar surface area (TPSA) is 121 Å². The number of nitrogens with zero attached hydrogens (tertiary/aromatic N) is 3. The van der Waals surface area contributed by atoms with Gasteiger partial charge in [-0.05, 0) is 83.3 Å². The summed E-state index contributed by atoms with van der Waals surface area (Å²) in [6.07, 6.45) is 3.30. The van der Waals surface area contributed by atoms with Gasteiger partial charge in [0.2, 0.25) is 0 Å². The van der Waals surface area contributed by atoms with E-state index in [0.29, 0.717) is 19.4 Å². The standard InChI is InChI=1S/C32H42N6O3/c1-32(2,3)41-31(39)38(30(33)34)19-10-6-5-7-12-23-13-11-14-24(22-23)28(40-25-17-20-37(4)21-18-25)29-35-26-15-8-9-16-27(26)36-29/h8-9,11,13-16,22,25,28H,5-6,10,17-21H2,1-4H3,(H3,33,34)(H,35,36). The number of nitrogens with two attached hydrogens (primary N) is 1. The molecular formula is C32H42N6O3. The fourth-order valence-corrected chi connectivity index (χ4v) is 4.77. The molecule has 0 spiro atoms. The van der Waals surface area contributed by atoms with Crippen LogP contribution < -0.4 is 5.73 Å². The lowest BCUT2D eigenvalue weighted by molar-refractivity contribution is -0.0264. The van der Waals surface area contributed by atoms with Gasteiger partial charge in [-0.3, -0.25) is 5.41 Å². The van der Waals surface area contributed by atoms with E-state index in [2.05, 4.69) is 40.9 Å². The number of unbranched alkanes of at least 4 members (excludes halogenated alkanes) is 2. The number of benzene rings is 2. The number of aromatic amines is 1. The quantitative estimate of drug-likeness (QED) is 0.147. The van der Waals surface area contributed by atoms with E-state index in [9.17, 15) is 4.79 Å². The van der Waals surface area contributed by atoms with E-state index >= 15 is 0 Å². The number of hydrogen-bond donors (Lipinski definition) is 3. The first-order valence-electron chi connectivity index (χ1n) is 14.3. The van der Waals surface area contributed by atoms with Crippen molar-refractivity contribution < 1.29 is 14.3 Å². The number of para-hydroxylation sites is 2. The lowest BCUT2D eigenvalue weighted by atomic mass is 10.0. The molecule has 1 aliphatic heterocycles. The molecule has 1 saturated heterocycles. The molecule has 4 N–H and O–H groups in total. The molecule has 1 atom stereocenters. The van der Waals surface area contributed by atoms with Crippen LogP contribution in [0.1, 0.15) is 75.9 Å². The molecule has 0 radical (unpaired) electrons. The van der Waals surface area contributed by atoms with Crippen molar-refractivity contribution >= 4 is 23.1 Å². The monoisotopic (exact) mass is 558 g/mol. The Labute approximate surface area is 242 Å². The van der Waals surface area contributed by atoms with Crippen molar-refractivity contribution in [3.8, 4) is 11.8 Å². The molecule has 218 valence electrons. The van der Waals surface area contributed by atoms with Gasteiger partial charge in [-0.25, -0.2) is 14.7 Å². The maximum absolute atomic E-state index is 12.3. The Bertz CT molecular complexity index is 1360. The van der Waals surface area contributed by atoms with Crippen molar-refractivity contribution in [3.05, 3.63) is 65.5 Å². The predicted molar refractivity (Wildman–Crippen MR) is 162 cm³/mol. The number of amides is 1. The fraction of sp³-hybridized carbons (Fsp3) is 0.469. The minimum atomic E-state index is -0.646. The number of rotatable bonds is 8. The van der Waals surface area contributed by atoms with Gasteiger partial charge in [0, 0.05) is 31.6 Å². The zero-order valence-corrected chi connectivity index (χ0v) is 24.6. The highest BCUT2D eigenvalue weighted by atomic mass is 16.6. The van der Waals surface area contributed by atoms with E-state index in [-0.39, 0.29) is 18.2 Å². The number of carbonyl (C=O) groups excluding carboxylic acids is 1. The smallest absolute Gasteiger partial charge is 0.417 e. The van der Waals surface area contributed by atoms with Gasteiger partial charge in [0.15, 0.2) is 5.96 Å². The molecule has 1 aliphatic rings. The molecular weight excluding hydrogens is 516 g/mol. The highest BCUT2D eigenvalue weighted by Gasteiger charge is 2.26. The Balaban J connectivity index is 1.41. The second kappa shape index (κ2) is 13.7. The fourth-order valence-electron chi connectivity index (χ4n) is 4.77. The second-order valence-electron chi connectivity index (χ2n) is 11.6. The third-order valence-electron chi connectivity index (χ3n) is 6.91. The first-order valence-corrected chi connectivity index (χ1v) is 14.3. The third kappa shape index (κ3) is 8.81. The number of piperidine rings is 1. The van der Waals surface area contributed by atoms with Crippen molar-refractivity contribution in [2.45, 2.75) is 70.7 Å². The highest BCUT2D eigenvalue weighted by molar-refractivity contribution is 5.91. The Morgan fingerprint density at radius 3 is 2.66 bits per heavy atom. The summed E-state index contributed by atoms with van der Waals surface area (Å²) >= 11 is 0. The summed E-state index contributed by atoms with van der Waals surface area (Å²) in [5, 5.41) is 7.71. The van der Waals surface area contributed by atoms with Crippen LogP contribution >= 0.6 is 0 Å². The zero-order chi connectivity index (χ0) is 29.4. The molecule has 0 bridgehead atoms. The number of fused-ring (bicyclic) bond motifs is 1. The van der Waals surface area contributed by atoms with Crippen molar-refractivity contribution in [2.75, 3.05) is 26.7 Å². The van der Waals surface area contributed by atoms with E-state index in [0.717, 1.165) is 65.2 Å². The summed E-state index contributed by atoms with van der Waals surface area (Å²) in [5.74, 6) is 7.01. The van der Waals surface area contributed by atoms with Crippen molar-refractivity contribution in [1.82, 2.24) is 19.8 Å². The summed E-state index contributed by atoms with van der Waals surface area (Å²) in [6, 6.07) is 16.2. The summed E-state index contributed by atoms with van der Waals surface area (Å²) in [4.78, 5) is 24.2. The molecule has 3 aromatic rings. The van der Waals surface area contributed by atoms with Crippen LogP contribution in [0.5, 0.6) is 0 Å². The second-order valence-corrected chi connectivity index (χ2v) is 11.6. The molecule has 0 saturated carbocycles.